The molecule has 1 aliphatic rings. The molecule has 0 aromatic heterocycles. The van der Waals surface area contributed by atoms with Gasteiger partial charge in [-0.05, 0) is 53.8 Å². The van der Waals surface area contributed by atoms with Gasteiger partial charge in [0.25, 0.3) is 5.91 Å². The maximum Gasteiger partial charge on any atom is 0.257 e. The first-order valence-corrected chi connectivity index (χ1v) is 13.5. The number of anilines is 1. The topological polar surface area (TPSA) is 109 Å². The predicted molar refractivity (Wildman–Crippen MR) is 126 cm³/mol. The molecule has 0 saturated carbocycles. The lowest BCUT2D eigenvalue weighted by atomic mass is 10.0. The van der Waals surface area contributed by atoms with Gasteiger partial charge in [0.1, 0.15) is 5.82 Å². The summed E-state index contributed by atoms with van der Waals surface area (Å²) in [6, 6.07) is 14.6. The molecule has 0 spiro atoms. The van der Waals surface area contributed by atoms with Crippen molar-refractivity contribution in [1.29, 1.82) is 0 Å². The smallest absolute Gasteiger partial charge is 0.257 e. The van der Waals surface area contributed by atoms with Crippen molar-refractivity contribution in [2.24, 2.45) is 0 Å². The first-order valence-electron chi connectivity index (χ1n) is 10.6. The second kappa shape index (κ2) is 8.94. The fourth-order valence-electron chi connectivity index (χ4n) is 3.85. The average Bonchev–Trinajstić information content (AvgIpc) is 2.86. The van der Waals surface area contributed by atoms with Gasteiger partial charge in [-0.25, -0.2) is 25.9 Å². The van der Waals surface area contributed by atoms with Crippen LogP contribution < -0.4 is 10.0 Å². The normalized spacial score (nSPS) is 14.8. The molecule has 34 heavy (non-hydrogen) atoms. The van der Waals surface area contributed by atoms with Crippen LogP contribution in [0.5, 0.6) is 0 Å². The largest absolute Gasteiger partial charge is 0.321 e. The third kappa shape index (κ3) is 4.48. The summed E-state index contributed by atoms with van der Waals surface area (Å²) in [5, 5.41) is 2.54. The maximum absolute atomic E-state index is 13.9. The molecule has 0 bridgehead atoms. The number of benzene rings is 3. The van der Waals surface area contributed by atoms with E-state index in [0.717, 1.165) is 29.8 Å². The number of halogens is 1. The van der Waals surface area contributed by atoms with Gasteiger partial charge in [0.05, 0.1) is 25.9 Å². The van der Waals surface area contributed by atoms with Crippen LogP contribution in [0.15, 0.2) is 75.4 Å². The minimum absolute atomic E-state index is 0.0476. The minimum atomic E-state index is -4.40. The summed E-state index contributed by atoms with van der Waals surface area (Å²) in [4.78, 5) is 11.6. The summed E-state index contributed by atoms with van der Waals surface area (Å²) < 4.78 is 69.7. The van der Waals surface area contributed by atoms with Crippen molar-refractivity contribution in [1.82, 2.24) is 4.72 Å². The van der Waals surface area contributed by atoms with E-state index in [1.54, 1.807) is 13.8 Å². The number of hydrogen-bond acceptors (Lipinski definition) is 5. The van der Waals surface area contributed by atoms with E-state index in [1.165, 1.54) is 6.07 Å². The lowest BCUT2D eigenvalue weighted by Crippen LogP contribution is -2.27. The molecule has 178 valence electrons. The van der Waals surface area contributed by atoms with Gasteiger partial charge in [-0.3, -0.25) is 4.79 Å². The summed E-state index contributed by atoms with van der Waals surface area (Å²) in [5.41, 5.74) is 1.03. The Kier molecular flexibility index (Phi) is 6.32. The van der Waals surface area contributed by atoms with E-state index in [0.29, 0.717) is 12.0 Å². The molecular formula is C24H23FN2O5S2. The average molecular weight is 503 g/mol. The van der Waals surface area contributed by atoms with E-state index in [1.807, 2.05) is 30.3 Å². The second-order valence-corrected chi connectivity index (χ2v) is 11.9. The first-order chi connectivity index (χ1) is 16.0. The van der Waals surface area contributed by atoms with E-state index in [4.69, 9.17) is 0 Å². The van der Waals surface area contributed by atoms with Gasteiger partial charge in [-0.15, -0.1) is 0 Å². The summed E-state index contributed by atoms with van der Waals surface area (Å²) in [7, 11) is -8.50. The predicted octanol–water partition coefficient (Wildman–Crippen LogP) is 3.87. The zero-order valence-corrected chi connectivity index (χ0v) is 20.1. The molecule has 7 nitrogen and oxygen atoms in total. The number of carbonyl (C=O) groups is 1. The van der Waals surface area contributed by atoms with Crippen LogP contribution in [-0.4, -0.2) is 29.3 Å². The molecule has 1 aliphatic heterocycles. The molecule has 10 heteroatoms. The van der Waals surface area contributed by atoms with Crippen LogP contribution in [0, 0.1) is 5.82 Å². The Morgan fingerprint density at radius 2 is 1.71 bits per heavy atom. The molecule has 0 saturated heterocycles. The van der Waals surface area contributed by atoms with E-state index in [9.17, 15) is 26.0 Å². The number of rotatable bonds is 6. The van der Waals surface area contributed by atoms with Gasteiger partial charge in [0, 0.05) is 6.54 Å². The molecule has 0 fully saturated rings. The van der Waals surface area contributed by atoms with Gasteiger partial charge in [-0.2, -0.15) is 0 Å². The van der Waals surface area contributed by atoms with Gasteiger partial charge in [0.2, 0.25) is 19.9 Å². The van der Waals surface area contributed by atoms with Gasteiger partial charge < -0.3 is 5.32 Å². The van der Waals surface area contributed by atoms with Crippen LogP contribution in [0.4, 0.5) is 10.1 Å². The summed E-state index contributed by atoms with van der Waals surface area (Å²) in [6.45, 7) is 3.64. The highest BCUT2D eigenvalue weighted by Crippen LogP contribution is 2.38. The van der Waals surface area contributed by atoms with Crippen LogP contribution in [0.2, 0.25) is 0 Å². The van der Waals surface area contributed by atoms with Crippen molar-refractivity contribution in [3.8, 4) is 0 Å². The first kappa shape index (κ1) is 24.1. The van der Waals surface area contributed by atoms with Gasteiger partial charge in [-0.1, -0.05) is 44.2 Å². The van der Waals surface area contributed by atoms with E-state index < -0.39 is 41.4 Å². The minimum Gasteiger partial charge on any atom is -0.321 e. The molecule has 2 N–H and O–H groups in total. The lowest BCUT2D eigenvalue weighted by Gasteiger charge is -2.18. The summed E-state index contributed by atoms with van der Waals surface area (Å²) >= 11 is 0. The number of nitrogens with one attached hydrogen (secondary N) is 2. The highest BCUT2D eigenvalue weighted by Gasteiger charge is 2.34. The van der Waals surface area contributed by atoms with Gasteiger partial charge >= 0.3 is 0 Å². The fraction of sp³-hybridized carbons (Fsp3) is 0.208. The van der Waals surface area contributed by atoms with Gasteiger partial charge in [0.15, 0.2) is 0 Å². The molecular weight excluding hydrogens is 479 g/mol. The Balaban J connectivity index is 1.81. The Bertz CT molecular complexity index is 1490. The Morgan fingerprint density at radius 1 is 1.00 bits per heavy atom. The lowest BCUT2D eigenvalue weighted by molar-refractivity contribution is 0.102. The Labute approximate surface area is 198 Å². The van der Waals surface area contributed by atoms with Crippen molar-refractivity contribution in [2.75, 3.05) is 11.9 Å². The third-order valence-electron chi connectivity index (χ3n) is 5.59. The summed E-state index contributed by atoms with van der Waals surface area (Å²) in [5.74, 6) is -1.84. The quantitative estimate of drug-likeness (QED) is 0.532. The SMILES string of the molecule is CC(C)c1cc2c(cc1S(=O)(=O)NCCc1ccccc1)S(=O)(=O)c1cc(F)ccc1C(=O)N2. The van der Waals surface area contributed by atoms with E-state index in [2.05, 4.69) is 10.0 Å². The molecule has 3 aromatic rings. The molecule has 4 rings (SSSR count). The molecule has 1 heterocycles. The standard InChI is InChI=1S/C24H23FN2O5S2/c1-15(2)19-13-20-23(33(29,30)21-12-17(25)8-9-18(21)24(28)27-20)14-22(19)34(31,32)26-11-10-16-6-4-3-5-7-16/h3-9,12-15,26H,10-11H2,1-2H3,(H,27,28). The van der Waals surface area contributed by atoms with Crippen molar-refractivity contribution in [3.63, 3.8) is 0 Å². The number of fused-ring (bicyclic) bond motifs is 2. The molecule has 1 amide bonds. The molecule has 0 unspecified atom stereocenters. The van der Waals surface area contributed by atoms with E-state index in [-0.39, 0.29) is 28.6 Å². The zero-order valence-electron chi connectivity index (χ0n) is 18.5. The number of amides is 1. The van der Waals surface area contributed by atoms with Crippen LogP contribution >= 0.6 is 0 Å². The van der Waals surface area contributed by atoms with Crippen molar-refractivity contribution < 1.29 is 26.0 Å². The Hall–Kier alpha value is -3.08. The number of carbonyl (C=O) groups excluding carboxylic acids is 1. The fourth-order valence-corrected chi connectivity index (χ4v) is 6.95. The molecule has 0 atom stereocenters. The second-order valence-electron chi connectivity index (χ2n) is 8.27. The monoisotopic (exact) mass is 502 g/mol. The van der Waals surface area contributed by atoms with Crippen molar-refractivity contribution in [3.05, 3.63) is 83.2 Å². The maximum atomic E-state index is 13.9. The van der Waals surface area contributed by atoms with Crippen LogP contribution in [0.25, 0.3) is 0 Å². The highest BCUT2D eigenvalue weighted by molar-refractivity contribution is 7.92. The number of sulfonamides is 1. The number of hydrogen-bond donors (Lipinski definition) is 2. The highest BCUT2D eigenvalue weighted by atomic mass is 32.2. The van der Waals surface area contributed by atoms with E-state index >= 15 is 0 Å². The molecule has 0 aliphatic carbocycles. The molecule has 3 aromatic carbocycles. The summed E-state index contributed by atoms with van der Waals surface area (Å²) in [6.07, 6.45) is 0.447. The van der Waals surface area contributed by atoms with Crippen LogP contribution in [-0.2, 0) is 26.3 Å². The van der Waals surface area contributed by atoms with Crippen LogP contribution in [0.3, 0.4) is 0 Å². The van der Waals surface area contributed by atoms with Crippen LogP contribution in [0.1, 0.15) is 41.3 Å². The van der Waals surface area contributed by atoms with Crippen molar-refractivity contribution >= 4 is 31.5 Å². The third-order valence-corrected chi connectivity index (χ3v) is 8.94. The zero-order chi connectivity index (χ0) is 24.7. The molecule has 0 radical (unpaired) electrons. The number of sulfone groups is 1. The van der Waals surface area contributed by atoms with Crippen molar-refractivity contribution in [2.45, 2.75) is 40.9 Å². The Morgan fingerprint density at radius 3 is 2.38 bits per heavy atom.